The molecule has 0 radical (unpaired) electrons. The lowest BCUT2D eigenvalue weighted by molar-refractivity contribution is 0.148. The van der Waals surface area contributed by atoms with Crippen molar-refractivity contribution in [1.82, 2.24) is 34.7 Å². The van der Waals surface area contributed by atoms with Crippen LogP contribution in [-0.4, -0.2) is 54.4 Å². The standard InChI is InChI=1S/C24H31N7O/c1-14-9-18-16(3)30(5)28-22(18)13-29(4)12-15(2)32-24-20(11-25-31(24)6)17-7-8-21-19(10-17)23(14)27-26-21/h7-8,10-11,14-15H,9,12-13H2,1-6H3,(H,26,27)/t14?,15-/m0/s1. The summed E-state index contributed by atoms with van der Waals surface area (Å²) in [7, 11) is 6.08. The third kappa shape index (κ3) is 3.48. The average Bonchev–Trinajstić information content (AvgIpc) is 3.39. The Morgan fingerprint density at radius 3 is 2.75 bits per heavy atom. The Kier molecular flexibility index (Phi) is 5.04. The number of H-pyrrole nitrogens is 1. The second-order valence-electron chi connectivity index (χ2n) is 9.22. The monoisotopic (exact) mass is 433 g/mol. The minimum Gasteiger partial charge on any atom is -0.473 e. The van der Waals surface area contributed by atoms with Gasteiger partial charge in [-0.3, -0.25) is 14.7 Å². The van der Waals surface area contributed by atoms with E-state index in [-0.39, 0.29) is 12.0 Å². The van der Waals surface area contributed by atoms with E-state index in [9.17, 15) is 0 Å². The van der Waals surface area contributed by atoms with Crippen LogP contribution >= 0.6 is 0 Å². The maximum atomic E-state index is 6.41. The quantitative estimate of drug-likeness (QED) is 0.459. The maximum Gasteiger partial charge on any atom is 0.219 e. The first-order valence-electron chi connectivity index (χ1n) is 11.2. The molecule has 1 aliphatic heterocycles. The molecule has 4 heterocycles. The van der Waals surface area contributed by atoms with Crippen LogP contribution in [0, 0.1) is 6.92 Å². The number of hydrogen-bond acceptors (Lipinski definition) is 5. The van der Waals surface area contributed by atoms with E-state index in [1.54, 1.807) is 0 Å². The summed E-state index contributed by atoms with van der Waals surface area (Å²) in [6.45, 7) is 8.08. The molecule has 32 heavy (non-hydrogen) atoms. The minimum absolute atomic E-state index is 0.000298. The van der Waals surface area contributed by atoms with Gasteiger partial charge in [0.1, 0.15) is 6.10 Å². The molecule has 0 saturated carbocycles. The van der Waals surface area contributed by atoms with Crippen LogP contribution in [0.25, 0.3) is 22.0 Å². The number of nitrogens with zero attached hydrogens (tertiary/aromatic N) is 6. The summed E-state index contributed by atoms with van der Waals surface area (Å²) in [6.07, 6.45) is 2.79. The molecule has 4 aromatic rings. The van der Waals surface area contributed by atoms with Gasteiger partial charge in [-0.2, -0.15) is 15.3 Å². The maximum absolute atomic E-state index is 6.41. The number of fused-ring (bicyclic) bond motifs is 4. The lowest BCUT2D eigenvalue weighted by Gasteiger charge is -2.22. The number of aromatic amines is 1. The summed E-state index contributed by atoms with van der Waals surface area (Å²) in [5, 5.41) is 18.4. The van der Waals surface area contributed by atoms with Crippen LogP contribution in [0.15, 0.2) is 24.4 Å². The number of aromatic nitrogens is 6. The third-order valence-electron chi connectivity index (χ3n) is 6.61. The summed E-state index contributed by atoms with van der Waals surface area (Å²) >= 11 is 0. The van der Waals surface area contributed by atoms with Crippen LogP contribution in [0.1, 0.15) is 42.4 Å². The molecular formula is C24H31N7O. The van der Waals surface area contributed by atoms with E-state index >= 15 is 0 Å². The van der Waals surface area contributed by atoms with Gasteiger partial charge in [0.15, 0.2) is 0 Å². The molecule has 2 atom stereocenters. The van der Waals surface area contributed by atoms with E-state index in [2.05, 4.69) is 61.1 Å². The lowest BCUT2D eigenvalue weighted by Crippen LogP contribution is -2.31. The average molecular weight is 434 g/mol. The molecule has 3 aromatic heterocycles. The Labute approximate surface area is 188 Å². The normalized spacial score (nSPS) is 19.9. The Bertz CT molecular complexity index is 1280. The van der Waals surface area contributed by atoms with Crippen molar-refractivity contribution in [2.75, 3.05) is 13.6 Å². The van der Waals surface area contributed by atoms with Crippen LogP contribution < -0.4 is 4.74 Å². The Morgan fingerprint density at radius 2 is 1.94 bits per heavy atom. The molecule has 5 rings (SSSR count). The van der Waals surface area contributed by atoms with E-state index in [4.69, 9.17) is 14.9 Å². The summed E-state index contributed by atoms with van der Waals surface area (Å²) in [5.74, 6) is 1.03. The highest BCUT2D eigenvalue weighted by Gasteiger charge is 2.23. The first kappa shape index (κ1) is 20.8. The van der Waals surface area contributed by atoms with Crippen molar-refractivity contribution < 1.29 is 4.74 Å². The number of likely N-dealkylation sites (N-methyl/N-ethyl adjacent to an activating group) is 1. The zero-order valence-corrected chi connectivity index (χ0v) is 19.7. The fourth-order valence-electron chi connectivity index (χ4n) is 4.84. The van der Waals surface area contributed by atoms with Gasteiger partial charge in [-0.05, 0) is 50.6 Å². The summed E-state index contributed by atoms with van der Waals surface area (Å²) < 4.78 is 10.2. The van der Waals surface area contributed by atoms with E-state index in [1.165, 1.54) is 11.3 Å². The molecule has 1 aromatic carbocycles. The molecule has 0 spiro atoms. The van der Waals surface area contributed by atoms with Crippen molar-refractivity contribution >= 4 is 10.9 Å². The van der Waals surface area contributed by atoms with Crippen LogP contribution in [0.5, 0.6) is 5.88 Å². The van der Waals surface area contributed by atoms with Gasteiger partial charge in [0.25, 0.3) is 0 Å². The van der Waals surface area contributed by atoms with Gasteiger partial charge in [-0.15, -0.1) is 0 Å². The lowest BCUT2D eigenvalue weighted by atomic mass is 9.93. The number of ether oxygens (including phenoxy) is 1. The summed E-state index contributed by atoms with van der Waals surface area (Å²) in [5.41, 5.74) is 7.87. The molecule has 8 nitrogen and oxygen atoms in total. The molecule has 1 unspecified atom stereocenters. The highest BCUT2D eigenvalue weighted by molar-refractivity contribution is 5.87. The molecule has 168 valence electrons. The largest absolute Gasteiger partial charge is 0.473 e. The van der Waals surface area contributed by atoms with Gasteiger partial charge in [0, 0.05) is 44.2 Å². The predicted octanol–water partition coefficient (Wildman–Crippen LogP) is 3.56. The Balaban J connectivity index is 1.67. The van der Waals surface area contributed by atoms with Crippen LogP contribution in [0.3, 0.4) is 0 Å². The molecule has 0 saturated heterocycles. The van der Waals surface area contributed by atoms with Gasteiger partial charge in [0.05, 0.1) is 28.7 Å². The molecule has 1 aliphatic rings. The second kappa shape index (κ2) is 7.78. The van der Waals surface area contributed by atoms with E-state index < -0.39 is 0 Å². The van der Waals surface area contributed by atoms with Gasteiger partial charge < -0.3 is 4.74 Å². The van der Waals surface area contributed by atoms with Crippen molar-refractivity contribution in [2.45, 2.75) is 45.8 Å². The fourth-order valence-corrected chi connectivity index (χ4v) is 4.84. The van der Waals surface area contributed by atoms with Crippen LogP contribution in [0.4, 0.5) is 0 Å². The highest BCUT2D eigenvalue weighted by atomic mass is 16.5. The third-order valence-corrected chi connectivity index (χ3v) is 6.61. The van der Waals surface area contributed by atoms with Crippen molar-refractivity contribution in [1.29, 1.82) is 0 Å². The molecular weight excluding hydrogens is 402 g/mol. The van der Waals surface area contributed by atoms with Gasteiger partial charge in [-0.1, -0.05) is 13.0 Å². The molecule has 8 heteroatoms. The van der Waals surface area contributed by atoms with Gasteiger partial charge in [-0.25, -0.2) is 4.68 Å². The van der Waals surface area contributed by atoms with Crippen molar-refractivity contribution in [2.24, 2.45) is 14.1 Å². The van der Waals surface area contributed by atoms with Crippen molar-refractivity contribution in [3.8, 4) is 17.0 Å². The van der Waals surface area contributed by atoms with Crippen LogP contribution in [-0.2, 0) is 27.1 Å². The van der Waals surface area contributed by atoms with Crippen molar-refractivity contribution in [3.05, 3.63) is 47.0 Å². The number of nitrogens with one attached hydrogen (secondary N) is 1. The van der Waals surface area contributed by atoms with E-state index in [0.29, 0.717) is 0 Å². The molecule has 0 amide bonds. The summed E-state index contributed by atoms with van der Waals surface area (Å²) in [4.78, 5) is 2.28. The van der Waals surface area contributed by atoms with Crippen molar-refractivity contribution in [3.63, 3.8) is 0 Å². The highest BCUT2D eigenvalue weighted by Crippen LogP contribution is 2.35. The van der Waals surface area contributed by atoms with Gasteiger partial charge >= 0.3 is 0 Å². The first-order valence-corrected chi connectivity index (χ1v) is 11.2. The van der Waals surface area contributed by atoms with E-state index in [0.717, 1.165) is 58.8 Å². The second-order valence-corrected chi connectivity index (χ2v) is 9.22. The number of aryl methyl sites for hydroxylation is 2. The van der Waals surface area contributed by atoms with Gasteiger partial charge in [0.2, 0.25) is 5.88 Å². The minimum atomic E-state index is -0.000298. The number of hydrogen-bond donors (Lipinski definition) is 1. The molecule has 0 aliphatic carbocycles. The van der Waals surface area contributed by atoms with E-state index in [1.807, 2.05) is 29.7 Å². The fraction of sp³-hybridized carbons (Fsp3) is 0.458. The summed E-state index contributed by atoms with van der Waals surface area (Å²) in [6, 6.07) is 6.42. The smallest absolute Gasteiger partial charge is 0.219 e. The zero-order chi connectivity index (χ0) is 22.6. The first-order chi connectivity index (χ1) is 15.3. The molecule has 0 fully saturated rings. The molecule has 1 N–H and O–H groups in total. The zero-order valence-electron chi connectivity index (χ0n) is 19.7. The predicted molar refractivity (Wildman–Crippen MR) is 125 cm³/mol. The molecule has 2 bridgehead atoms. The van der Waals surface area contributed by atoms with Crippen LogP contribution in [0.2, 0.25) is 0 Å². The Morgan fingerprint density at radius 1 is 1.12 bits per heavy atom. The topological polar surface area (TPSA) is 76.8 Å². The number of rotatable bonds is 0. The Hall–Kier alpha value is -3.13. The number of benzene rings is 1. The SMILES string of the molecule is Cc1c2c(nn1C)CN(C)C[C@H](C)Oc1c(cnn1C)-c1ccc3[nH]nc(c3c1)C(C)C2.